The molecule has 0 aromatic rings. The molecule has 0 bridgehead atoms. The summed E-state index contributed by atoms with van der Waals surface area (Å²) in [5.74, 6) is 0.369. The minimum atomic E-state index is 0. The van der Waals surface area contributed by atoms with Crippen LogP contribution in [0.3, 0.4) is 0 Å². The van der Waals surface area contributed by atoms with E-state index in [0.717, 1.165) is 71.5 Å². The van der Waals surface area contributed by atoms with Crippen molar-refractivity contribution in [3.8, 4) is 0 Å². The molecule has 1 aliphatic heterocycles. The smallest absolute Gasteiger partial charge is 0.223 e. The highest BCUT2D eigenvalue weighted by Gasteiger charge is 2.27. The zero-order valence-electron chi connectivity index (χ0n) is 12.6. The van der Waals surface area contributed by atoms with Gasteiger partial charge in [-0.1, -0.05) is 0 Å². The Kier molecular flexibility index (Phi) is 11.5. The van der Waals surface area contributed by atoms with Gasteiger partial charge in [0.2, 0.25) is 5.91 Å². The third-order valence-corrected chi connectivity index (χ3v) is 4.15. The first-order valence-electron chi connectivity index (χ1n) is 7.59. The average molecular weight is 342 g/mol. The predicted molar refractivity (Wildman–Crippen MR) is 89.3 cm³/mol. The third-order valence-electron chi connectivity index (χ3n) is 4.15. The number of rotatable bonds is 6. The van der Waals surface area contributed by atoms with Gasteiger partial charge in [-0.25, -0.2) is 0 Å². The molecule has 2 rings (SSSR count). The van der Waals surface area contributed by atoms with Crippen molar-refractivity contribution in [1.82, 2.24) is 10.2 Å². The topological polar surface area (TPSA) is 67.6 Å². The second kappa shape index (κ2) is 11.5. The monoisotopic (exact) mass is 341 g/mol. The molecule has 2 atom stereocenters. The molecule has 1 amide bonds. The van der Waals surface area contributed by atoms with E-state index in [-0.39, 0.29) is 42.7 Å². The summed E-state index contributed by atoms with van der Waals surface area (Å²) in [5.41, 5.74) is 5.83. The van der Waals surface area contributed by atoms with Gasteiger partial charge in [-0.3, -0.25) is 9.69 Å². The largest absolute Gasteiger partial charge is 0.379 e. The molecule has 5 nitrogen and oxygen atoms in total. The summed E-state index contributed by atoms with van der Waals surface area (Å²) in [6, 6.07) is 0.233. The highest BCUT2D eigenvalue weighted by atomic mass is 35.5. The van der Waals surface area contributed by atoms with Gasteiger partial charge in [0.1, 0.15) is 0 Å². The van der Waals surface area contributed by atoms with Crippen molar-refractivity contribution in [3.63, 3.8) is 0 Å². The number of nitrogens with two attached hydrogens (primary N) is 1. The molecule has 0 aromatic carbocycles. The molecule has 21 heavy (non-hydrogen) atoms. The van der Waals surface area contributed by atoms with Gasteiger partial charge >= 0.3 is 0 Å². The molecular formula is C14H29Cl2N3O2. The zero-order valence-corrected chi connectivity index (χ0v) is 14.2. The Hall–Kier alpha value is -0.0700. The van der Waals surface area contributed by atoms with Crippen LogP contribution in [-0.4, -0.2) is 56.2 Å². The summed E-state index contributed by atoms with van der Waals surface area (Å²) >= 11 is 0. The van der Waals surface area contributed by atoms with Crippen LogP contribution in [0.1, 0.15) is 32.1 Å². The number of unbranched alkanes of at least 4 members (excludes halogenated alkanes) is 1. The maximum absolute atomic E-state index is 11.9. The van der Waals surface area contributed by atoms with E-state index in [1.807, 2.05) is 0 Å². The SMILES string of the molecule is Cl.Cl.NC1CCC(C(=O)NCCCCN2CCOCC2)C1. The lowest BCUT2D eigenvalue weighted by Crippen LogP contribution is -2.37. The van der Waals surface area contributed by atoms with Crippen LogP contribution in [-0.2, 0) is 9.53 Å². The van der Waals surface area contributed by atoms with Crippen molar-refractivity contribution in [2.24, 2.45) is 11.7 Å². The van der Waals surface area contributed by atoms with Crippen LogP contribution < -0.4 is 11.1 Å². The summed E-state index contributed by atoms with van der Waals surface area (Å²) in [6.07, 6.45) is 5.02. The Morgan fingerprint density at radius 3 is 2.52 bits per heavy atom. The van der Waals surface area contributed by atoms with Crippen LogP contribution in [0.2, 0.25) is 0 Å². The molecule has 7 heteroatoms. The quantitative estimate of drug-likeness (QED) is 0.712. The second-order valence-electron chi connectivity index (χ2n) is 5.72. The van der Waals surface area contributed by atoms with Crippen LogP contribution in [0.5, 0.6) is 0 Å². The summed E-state index contributed by atoms with van der Waals surface area (Å²) in [5, 5.41) is 3.05. The molecule has 1 aliphatic carbocycles. The van der Waals surface area contributed by atoms with Crippen LogP contribution in [0, 0.1) is 5.92 Å². The summed E-state index contributed by atoms with van der Waals surface area (Å²) in [7, 11) is 0. The van der Waals surface area contributed by atoms with Crippen molar-refractivity contribution >= 4 is 30.7 Å². The lowest BCUT2D eigenvalue weighted by Gasteiger charge is -2.26. The van der Waals surface area contributed by atoms with Crippen molar-refractivity contribution < 1.29 is 9.53 Å². The Morgan fingerprint density at radius 1 is 1.19 bits per heavy atom. The lowest BCUT2D eigenvalue weighted by molar-refractivity contribution is -0.124. The number of amides is 1. The number of halogens is 2. The summed E-state index contributed by atoms with van der Waals surface area (Å²) < 4.78 is 5.32. The van der Waals surface area contributed by atoms with Gasteiger partial charge in [0.15, 0.2) is 0 Å². The Labute approximate surface area is 140 Å². The van der Waals surface area contributed by atoms with Gasteiger partial charge < -0.3 is 15.8 Å². The molecule has 126 valence electrons. The number of hydrogen-bond acceptors (Lipinski definition) is 4. The minimum Gasteiger partial charge on any atom is -0.379 e. The van der Waals surface area contributed by atoms with Gasteiger partial charge in [-0.2, -0.15) is 0 Å². The van der Waals surface area contributed by atoms with Crippen LogP contribution in [0.4, 0.5) is 0 Å². The molecular weight excluding hydrogens is 313 g/mol. The fraction of sp³-hybridized carbons (Fsp3) is 0.929. The number of morpholine rings is 1. The number of nitrogens with one attached hydrogen (secondary N) is 1. The van der Waals surface area contributed by atoms with E-state index in [1.165, 1.54) is 0 Å². The van der Waals surface area contributed by atoms with E-state index in [0.29, 0.717) is 0 Å². The first kappa shape index (κ1) is 20.9. The first-order chi connectivity index (χ1) is 9.25. The molecule has 0 spiro atoms. The number of carbonyl (C=O) groups excluding carboxylic acids is 1. The maximum atomic E-state index is 11.9. The lowest BCUT2D eigenvalue weighted by atomic mass is 10.1. The molecule has 2 fully saturated rings. The minimum absolute atomic E-state index is 0. The van der Waals surface area contributed by atoms with Gasteiger partial charge in [-0.05, 0) is 38.6 Å². The van der Waals surface area contributed by atoms with E-state index in [9.17, 15) is 4.79 Å². The fourth-order valence-corrected chi connectivity index (χ4v) is 2.90. The van der Waals surface area contributed by atoms with E-state index in [4.69, 9.17) is 10.5 Å². The molecule has 0 aromatic heterocycles. The highest BCUT2D eigenvalue weighted by molar-refractivity contribution is 5.85. The molecule has 1 saturated carbocycles. The number of ether oxygens (including phenoxy) is 1. The zero-order chi connectivity index (χ0) is 13.5. The average Bonchev–Trinajstić information content (AvgIpc) is 2.86. The van der Waals surface area contributed by atoms with Gasteiger partial charge in [0.05, 0.1) is 13.2 Å². The van der Waals surface area contributed by atoms with E-state index >= 15 is 0 Å². The molecule has 2 unspecified atom stereocenters. The summed E-state index contributed by atoms with van der Waals surface area (Å²) in [6.45, 7) is 5.73. The normalized spacial score (nSPS) is 25.8. The number of hydrogen-bond donors (Lipinski definition) is 2. The van der Waals surface area contributed by atoms with E-state index in [2.05, 4.69) is 10.2 Å². The van der Waals surface area contributed by atoms with Gasteiger partial charge in [0.25, 0.3) is 0 Å². The standard InChI is InChI=1S/C14H27N3O2.2ClH/c15-13-4-3-12(11-13)14(18)16-5-1-2-6-17-7-9-19-10-8-17;;/h12-13H,1-11,15H2,(H,16,18);2*1H. The fourth-order valence-electron chi connectivity index (χ4n) is 2.90. The van der Waals surface area contributed by atoms with Crippen LogP contribution in [0.25, 0.3) is 0 Å². The third kappa shape index (κ3) is 7.66. The molecule has 3 N–H and O–H groups in total. The van der Waals surface area contributed by atoms with Crippen molar-refractivity contribution in [1.29, 1.82) is 0 Å². The predicted octanol–water partition coefficient (Wildman–Crippen LogP) is 1.19. The number of nitrogens with zero attached hydrogens (tertiary/aromatic N) is 1. The van der Waals surface area contributed by atoms with Crippen LogP contribution in [0.15, 0.2) is 0 Å². The summed E-state index contributed by atoms with van der Waals surface area (Å²) in [4.78, 5) is 14.3. The van der Waals surface area contributed by atoms with Gasteiger partial charge in [-0.15, -0.1) is 24.8 Å². The second-order valence-corrected chi connectivity index (χ2v) is 5.72. The maximum Gasteiger partial charge on any atom is 0.223 e. The molecule has 1 saturated heterocycles. The van der Waals surface area contributed by atoms with Crippen LogP contribution >= 0.6 is 24.8 Å². The van der Waals surface area contributed by atoms with E-state index < -0.39 is 0 Å². The van der Waals surface area contributed by atoms with Crippen molar-refractivity contribution in [2.45, 2.75) is 38.1 Å². The molecule has 2 aliphatic rings. The Morgan fingerprint density at radius 2 is 1.90 bits per heavy atom. The number of carbonyl (C=O) groups is 1. The molecule has 0 radical (unpaired) electrons. The van der Waals surface area contributed by atoms with E-state index in [1.54, 1.807) is 0 Å². The van der Waals surface area contributed by atoms with Crippen molar-refractivity contribution in [2.75, 3.05) is 39.4 Å². The van der Waals surface area contributed by atoms with Gasteiger partial charge in [0, 0.05) is 31.6 Å². The first-order valence-corrected chi connectivity index (χ1v) is 7.59. The molecule has 1 heterocycles. The Bertz CT molecular complexity index is 289. The Balaban J connectivity index is 0.00000200. The highest BCUT2D eigenvalue weighted by Crippen LogP contribution is 2.23. The van der Waals surface area contributed by atoms with Crippen molar-refractivity contribution in [3.05, 3.63) is 0 Å².